The summed E-state index contributed by atoms with van der Waals surface area (Å²) in [6.45, 7) is 2.15. The standard InChI is InChI=1S/C16H13BrCl2N2S/c1-2-22-10-5-3-9(4-6-10)7-13-20-12-8-11(18)14(17)15(19)16(12)21-13/h3-6,8H,2,7H2,1H3,(H,20,21). The summed E-state index contributed by atoms with van der Waals surface area (Å²) in [6, 6.07) is 10.4. The lowest BCUT2D eigenvalue weighted by Gasteiger charge is -2.01. The maximum atomic E-state index is 6.29. The highest BCUT2D eigenvalue weighted by Crippen LogP contribution is 2.36. The number of aromatic nitrogens is 2. The fraction of sp³-hybridized carbons (Fsp3) is 0.188. The Morgan fingerprint density at radius 1 is 1.23 bits per heavy atom. The van der Waals surface area contributed by atoms with E-state index in [9.17, 15) is 0 Å². The molecule has 2 nitrogen and oxygen atoms in total. The van der Waals surface area contributed by atoms with Crippen LogP contribution in [0.25, 0.3) is 11.0 Å². The van der Waals surface area contributed by atoms with E-state index in [4.69, 9.17) is 23.2 Å². The predicted molar refractivity (Wildman–Crippen MR) is 99.5 cm³/mol. The van der Waals surface area contributed by atoms with Gasteiger partial charge >= 0.3 is 0 Å². The van der Waals surface area contributed by atoms with E-state index in [2.05, 4.69) is 57.1 Å². The molecule has 1 heterocycles. The Balaban J connectivity index is 1.89. The number of fused-ring (bicyclic) bond motifs is 1. The Hall–Kier alpha value is -0.680. The second-order valence-corrected chi connectivity index (χ2v) is 7.74. The van der Waals surface area contributed by atoms with E-state index in [0.717, 1.165) is 29.0 Å². The van der Waals surface area contributed by atoms with Crippen LogP contribution < -0.4 is 0 Å². The summed E-state index contributed by atoms with van der Waals surface area (Å²) in [6.07, 6.45) is 0.733. The van der Waals surface area contributed by atoms with E-state index >= 15 is 0 Å². The largest absolute Gasteiger partial charge is 0.342 e. The van der Waals surface area contributed by atoms with E-state index in [0.29, 0.717) is 14.5 Å². The van der Waals surface area contributed by atoms with E-state index in [1.807, 2.05) is 17.8 Å². The van der Waals surface area contributed by atoms with Crippen molar-refractivity contribution in [1.29, 1.82) is 0 Å². The van der Waals surface area contributed by atoms with Crippen molar-refractivity contribution in [3.05, 3.63) is 56.2 Å². The van der Waals surface area contributed by atoms with Crippen LogP contribution in [0, 0.1) is 0 Å². The number of nitrogens with zero attached hydrogens (tertiary/aromatic N) is 1. The zero-order chi connectivity index (χ0) is 15.7. The van der Waals surface area contributed by atoms with Crippen molar-refractivity contribution >= 4 is 61.9 Å². The van der Waals surface area contributed by atoms with Crippen molar-refractivity contribution in [3.63, 3.8) is 0 Å². The minimum Gasteiger partial charge on any atom is -0.342 e. The Kier molecular flexibility index (Phi) is 5.03. The highest BCUT2D eigenvalue weighted by atomic mass is 79.9. The molecular weight excluding hydrogens is 403 g/mol. The maximum absolute atomic E-state index is 6.29. The molecule has 3 aromatic rings. The van der Waals surface area contributed by atoms with Crippen LogP contribution in [0.1, 0.15) is 18.3 Å². The SMILES string of the molecule is CCSc1ccc(Cc2nc3c(Cl)c(Br)c(Cl)cc3[nH]2)cc1. The van der Waals surface area contributed by atoms with Crippen LogP contribution >= 0.6 is 50.9 Å². The number of H-pyrrole nitrogens is 1. The Morgan fingerprint density at radius 3 is 2.64 bits per heavy atom. The summed E-state index contributed by atoms with van der Waals surface area (Å²) in [4.78, 5) is 9.16. The molecule has 0 radical (unpaired) electrons. The van der Waals surface area contributed by atoms with Gasteiger partial charge in [0.2, 0.25) is 0 Å². The lowest BCUT2D eigenvalue weighted by molar-refractivity contribution is 1.04. The minimum atomic E-state index is 0.541. The molecule has 0 atom stereocenters. The van der Waals surface area contributed by atoms with Crippen molar-refractivity contribution in [2.75, 3.05) is 5.75 Å². The van der Waals surface area contributed by atoms with Gasteiger partial charge in [-0.1, -0.05) is 42.3 Å². The van der Waals surface area contributed by atoms with E-state index in [1.54, 1.807) is 0 Å². The van der Waals surface area contributed by atoms with Crippen LogP contribution in [-0.2, 0) is 6.42 Å². The topological polar surface area (TPSA) is 28.7 Å². The number of nitrogens with one attached hydrogen (secondary N) is 1. The Bertz CT molecular complexity index is 815. The first kappa shape index (κ1) is 16.2. The molecule has 3 rings (SSSR count). The van der Waals surface area contributed by atoms with Gasteiger partial charge < -0.3 is 4.98 Å². The number of hydrogen-bond donors (Lipinski definition) is 1. The van der Waals surface area contributed by atoms with Gasteiger partial charge in [-0.15, -0.1) is 11.8 Å². The van der Waals surface area contributed by atoms with Gasteiger partial charge in [-0.05, 0) is 45.4 Å². The summed E-state index contributed by atoms with van der Waals surface area (Å²) < 4.78 is 0.683. The fourth-order valence-corrected chi connectivity index (χ4v) is 3.72. The van der Waals surface area contributed by atoms with Crippen LogP contribution in [0.15, 0.2) is 39.7 Å². The Morgan fingerprint density at radius 2 is 1.95 bits per heavy atom. The van der Waals surface area contributed by atoms with Gasteiger partial charge in [0.25, 0.3) is 0 Å². The molecule has 0 saturated heterocycles. The normalized spacial score (nSPS) is 11.3. The molecule has 6 heteroatoms. The maximum Gasteiger partial charge on any atom is 0.111 e. The first-order valence-electron chi connectivity index (χ1n) is 6.82. The van der Waals surface area contributed by atoms with Crippen molar-refractivity contribution in [1.82, 2.24) is 9.97 Å². The third-order valence-electron chi connectivity index (χ3n) is 3.27. The average molecular weight is 416 g/mol. The number of thioether (sulfide) groups is 1. The van der Waals surface area contributed by atoms with Gasteiger partial charge in [0.1, 0.15) is 11.3 Å². The molecule has 1 aromatic heterocycles. The first-order valence-corrected chi connectivity index (χ1v) is 9.35. The number of aromatic amines is 1. The molecule has 0 saturated carbocycles. The quantitative estimate of drug-likeness (QED) is 0.398. The second kappa shape index (κ2) is 6.83. The summed E-state index contributed by atoms with van der Waals surface area (Å²) >= 11 is 17.6. The molecule has 114 valence electrons. The molecule has 0 aliphatic carbocycles. The van der Waals surface area contributed by atoms with Gasteiger partial charge in [-0.3, -0.25) is 0 Å². The third kappa shape index (κ3) is 3.30. The highest BCUT2D eigenvalue weighted by molar-refractivity contribution is 9.10. The van der Waals surface area contributed by atoms with Gasteiger partial charge in [0.15, 0.2) is 0 Å². The number of hydrogen-bond acceptors (Lipinski definition) is 2. The van der Waals surface area contributed by atoms with Crippen LogP contribution in [-0.4, -0.2) is 15.7 Å². The lowest BCUT2D eigenvalue weighted by Crippen LogP contribution is -1.90. The zero-order valence-corrected chi connectivity index (χ0v) is 15.7. The molecule has 0 fully saturated rings. The zero-order valence-electron chi connectivity index (χ0n) is 11.8. The second-order valence-electron chi connectivity index (χ2n) is 4.82. The van der Waals surface area contributed by atoms with E-state index < -0.39 is 0 Å². The van der Waals surface area contributed by atoms with Crippen LogP contribution in [0.2, 0.25) is 10.0 Å². The third-order valence-corrected chi connectivity index (χ3v) is 6.11. The molecule has 0 aliphatic rings. The predicted octanol–water partition coefficient (Wildman–Crippen LogP) is 6.34. The number of halogens is 3. The number of imidazole rings is 1. The molecule has 0 amide bonds. The summed E-state index contributed by atoms with van der Waals surface area (Å²) in [7, 11) is 0. The summed E-state index contributed by atoms with van der Waals surface area (Å²) in [5.41, 5.74) is 2.80. The van der Waals surface area contributed by atoms with Crippen LogP contribution in [0.4, 0.5) is 0 Å². The lowest BCUT2D eigenvalue weighted by atomic mass is 10.1. The van der Waals surface area contributed by atoms with Crippen molar-refractivity contribution in [2.45, 2.75) is 18.2 Å². The van der Waals surface area contributed by atoms with Gasteiger partial charge in [0, 0.05) is 11.3 Å². The number of benzene rings is 2. The van der Waals surface area contributed by atoms with Crippen LogP contribution in [0.5, 0.6) is 0 Å². The molecule has 0 bridgehead atoms. The molecule has 0 spiro atoms. The van der Waals surface area contributed by atoms with Crippen molar-refractivity contribution in [3.8, 4) is 0 Å². The molecule has 0 aliphatic heterocycles. The van der Waals surface area contributed by atoms with Crippen molar-refractivity contribution < 1.29 is 0 Å². The molecule has 0 unspecified atom stereocenters. The fourth-order valence-electron chi connectivity index (χ4n) is 2.26. The van der Waals surface area contributed by atoms with E-state index in [-0.39, 0.29) is 0 Å². The summed E-state index contributed by atoms with van der Waals surface area (Å²) in [5.74, 6) is 1.96. The smallest absolute Gasteiger partial charge is 0.111 e. The molecular formula is C16H13BrCl2N2S. The number of rotatable bonds is 4. The monoisotopic (exact) mass is 414 g/mol. The van der Waals surface area contributed by atoms with E-state index in [1.165, 1.54) is 10.5 Å². The molecule has 2 aromatic carbocycles. The van der Waals surface area contributed by atoms with Gasteiger partial charge in [-0.25, -0.2) is 4.98 Å². The van der Waals surface area contributed by atoms with Gasteiger partial charge in [0.05, 0.1) is 20.0 Å². The molecule has 22 heavy (non-hydrogen) atoms. The highest BCUT2D eigenvalue weighted by Gasteiger charge is 2.13. The van der Waals surface area contributed by atoms with Crippen LogP contribution in [0.3, 0.4) is 0 Å². The first-order chi connectivity index (χ1) is 10.6. The minimum absolute atomic E-state index is 0.541. The van der Waals surface area contributed by atoms with Crippen molar-refractivity contribution in [2.24, 2.45) is 0 Å². The molecule has 1 N–H and O–H groups in total. The van der Waals surface area contributed by atoms with Gasteiger partial charge in [-0.2, -0.15) is 0 Å². The summed E-state index contributed by atoms with van der Waals surface area (Å²) in [5, 5.41) is 1.12. The average Bonchev–Trinajstić information content (AvgIpc) is 2.90. The Labute approximate surface area is 151 Å².